The zero-order valence-electron chi connectivity index (χ0n) is 26.6. The number of aromatic nitrogens is 2. The number of ether oxygens (including phenoxy) is 2. The topological polar surface area (TPSA) is 155 Å². The van der Waals surface area contributed by atoms with E-state index >= 15 is 0 Å². The van der Waals surface area contributed by atoms with E-state index in [2.05, 4.69) is 10.6 Å². The minimum absolute atomic E-state index is 0.0623. The molecule has 0 saturated heterocycles. The van der Waals surface area contributed by atoms with Crippen molar-refractivity contribution in [2.75, 3.05) is 36.9 Å². The number of hydrogen-bond acceptors (Lipinski definition) is 10. The van der Waals surface area contributed by atoms with Crippen molar-refractivity contribution in [3.05, 3.63) is 127 Å². The predicted octanol–water partition coefficient (Wildman–Crippen LogP) is 3.81. The summed E-state index contributed by atoms with van der Waals surface area (Å²) in [6.45, 7) is 3.88. The van der Waals surface area contributed by atoms with Crippen LogP contribution in [-0.4, -0.2) is 58.9 Å². The van der Waals surface area contributed by atoms with Gasteiger partial charge in [-0.25, -0.2) is 9.59 Å². The van der Waals surface area contributed by atoms with E-state index in [1.54, 1.807) is 74.5 Å². The molecule has 4 rings (SSSR count). The third-order valence-electron chi connectivity index (χ3n) is 7.32. The first kappa shape index (κ1) is 34.1. The summed E-state index contributed by atoms with van der Waals surface area (Å²) in [5.74, 6) is -2.02. The van der Waals surface area contributed by atoms with Crippen molar-refractivity contribution in [1.29, 1.82) is 0 Å². The number of ketones is 2. The molecule has 0 bridgehead atoms. The lowest BCUT2D eigenvalue weighted by atomic mass is 10.0. The molecular weight excluding hydrogens is 604 g/mol. The van der Waals surface area contributed by atoms with Crippen molar-refractivity contribution in [3.8, 4) is 0 Å². The number of benzene rings is 2. The Labute approximate surface area is 271 Å². The van der Waals surface area contributed by atoms with Gasteiger partial charge in [-0.3, -0.25) is 28.3 Å². The Kier molecular flexibility index (Phi) is 11.2. The van der Waals surface area contributed by atoms with Gasteiger partial charge in [-0.2, -0.15) is 0 Å². The van der Waals surface area contributed by atoms with Gasteiger partial charge in [-0.1, -0.05) is 60.7 Å². The van der Waals surface area contributed by atoms with Crippen molar-refractivity contribution >= 4 is 35.1 Å². The highest BCUT2D eigenvalue weighted by molar-refractivity contribution is 6.13. The average molecular weight is 641 g/mol. The second-order valence-electron chi connectivity index (χ2n) is 10.4. The third-order valence-corrected chi connectivity index (χ3v) is 7.32. The van der Waals surface area contributed by atoms with Gasteiger partial charge in [-0.15, -0.1) is 0 Å². The first-order valence-corrected chi connectivity index (χ1v) is 15.1. The van der Waals surface area contributed by atoms with Gasteiger partial charge < -0.3 is 20.1 Å². The molecule has 0 aliphatic heterocycles. The lowest BCUT2D eigenvalue weighted by Gasteiger charge is -2.19. The fourth-order valence-corrected chi connectivity index (χ4v) is 4.95. The summed E-state index contributed by atoms with van der Waals surface area (Å²) < 4.78 is 12.5. The van der Waals surface area contributed by atoms with Gasteiger partial charge in [0.2, 0.25) is 0 Å². The zero-order valence-corrected chi connectivity index (χ0v) is 26.6. The van der Waals surface area contributed by atoms with E-state index in [0.717, 1.165) is 0 Å². The average Bonchev–Trinajstić information content (AvgIpc) is 3.08. The van der Waals surface area contributed by atoms with E-state index in [9.17, 15) is 28.8 Å². The van der Waals surface area contributed by atoms with E-state index in [1.165, 1.54) is 35.4 Å². The molecule has 0 saturated carbocycles. The van der Waals surface area contributed by atoms with Crippen LogP contribution in [0.25, 0.3) is 0 Å². The van der Waals surface area contributed by atoms with Crippen molar-refractivity contribution < 1.29 is 28.7 Å². The Hall–Kier alpha value is -5.78. The number of pyridine rings is 2. The molecule has 2 aromatic heterocycles. The van der Waals surface area contributed by atoms with Crippen molar-refractivity contribution in [2.45, 2.75) is 20.3 Å². The molecule has 12 nitrogen and oxygen atoms in total. The molecule has 0 unspecified atom stereocenters. The van der Waals surface area contributed by atoms with Crippen LogP contribution in [0.15, 0.2) is 82.4 Å². The van der Waals surface area contributed by atoms with Gasteiger partial charge in [-0.05, 0) is 32.4 Å². The quantitative estimate of drug-likeness (QED) is 0.118. The molecule has 12 heteroatoms. The number of rotatable bonds is 14. The van der Waals surface area contributed by atoms with Gasteiger partial charge in [0.15, 0.2) is 11.6 Å². The van der Waals surface area contributed by atoms with Crippen LogP contribution < -0.4 is 21.8 Å². The lowest BCUT2D eigenvalue weighted by molar-refractivity contribution is 0.0514. The molecule has 0 amide bonds. The number of anilines is 2. The molecule has 2 N–H and O–H groups in total. The first-order chi connectivity index (χ1) is 22.6. The molecule has 0 fully saturated rings. The number of esters is 2. The second kappa shape index (κ2) is 15.5. The van der Waals surface area contributed by atoms with Crippen molar-refractivity contribution in [1.82, 2.24) is 9.13 Å². The fourth-order valence-electron chi connectivity index (χ4n) is 4.95. The van der Waals surface area contributed by atoms with E-state index in [-0.39, 0.29) is 60.2 Å². The maximum atomic E-state index is 13.5. The zero-order chi connectivity index (χ0) is 34.1. The number of nitrogens with zero attached hydrogens (tertiary/aromatic N) is 2. The van der Waals surface area contributed by atoms with E-state index in [1.807, 2.05) is 0 Å². The summed E-state index contributed by atoms with van der Waals surface area (Å²) in [7, 11) is 2.91. The smallest absolute Gasteiger partial charge is 0.343 e. The van der Waals surface area contributed by atoms with Gasteiger partial charge in [0.25, 0.3) is 11.1 Å². The van der Waals surface area contributed by atoms with Gasteiger partial charge >= 0.3 is 11.9 Å². The summed E-state index contributed by atoms with van der Waals surface area (Å²) in [5.41, 5.74) is -0.817. The molecule has 47 heavy (non-hydrogen) atoms. The highest BCUT2D eigenvalue weighted by Gasteiger charge is 2.25. The normalized spacial score (nSPS) is 10.6. The van der Waals surface area contributed by atoms with Gasteiger partial charge in [0.05, 0.1) is 24.3 Å². The van der Waals surface area contributed by atoms with Crippen LogP contribution in [0.4, 0.5) is 11.6 Å². The molecule has 0 radical (unpaired) electrons. The van der Waals surface area contributed by atoms with E-state index in [4.69, 9.17) is 9.47 Å². The van der Waals surface area contributed by atoms with Crippen molar-refractivity contribution in [2.24, 2.45) is 14.1 Å². The first-order valence-electron chi connectivity index (χ1n) is 15.1. The van der Waals surface area contributed by atoms with Gasteiger partial charge in [0, 0.05) is 38.3 Å². The fraction of sp³-hybridized carbons (Fsp3) is 0.257. The Morgan fingerprint density at radius 2 is 0.957 bits per heavy atom. The molecule has 0 aliphatic rings. The largest absolute Gasteiger partial charge is 0.462 e. The second-order valence-corrected chi connectivity index (χ2v) is 10.4. The number of carbonyl (C=O) groups is 4. The third kappa shape index (κ3) is 7.55. The standard InChI is InChI=1S/C35H36N4O8/c1-5-46-34(44)26-20-24(28(40)22-14-9-7-10-15-22)30(38(3)32(26)42)36-18-13-19-37-31-25(29(41)23-16-11-8-12-17-23)21-27(33(43)39(31)4)35(45)47-6-2/h7-12,14-17,20-21,36-37H,5-6,13,18-19H2,1-4H3. The summed E-state index contributed by atoms with van der Waals surface area (Å²) in [6.07, 6.45) is 0.402. The Bertz CT molecular complexity index is 1780. The number of hydrogen-bond donors (Lipinski definition) is 2. The van der Waals surface area contributed by atoms with Crippen LogP contribution in [-0.2, 0) is 23.6 Å². The Morgan fingerprint density at radius 3 is 1.30 bits per heavy atom. The molecule has 244 valence electrons. The van der Waals surface area contributed by atoms with E-state index in [0.29, 0.717) is 17.5 Å². The Balaban J connectivity index is 1.60. The SMILES string of the molecule is CCOC(=O)c1cc(C(=O)c2ccccc2)c(NCCCNc2c(C(=O)c3ccccc3)cc(C(=O)OCC)c(=O)n2C)n(C)c1=O. The van der Waals surface area contributed by atoms with Crippen LogP contribution in [0.3, 0.4) is 0 Å². The van der Waals surface area contributed by atoms with Crippen LogP contribution in [0.5, 0.6) is 0 Å². The maximum Gasteiger partial charge on any atom is 0.343 e. The van der Waals surface area contributed by atoms with E-state index < -0.39 is 34.6 Å². The number of carbonyl (C=O) groups excluding carboxylic acids is 4. The minimum Gasteiger partial charge on any atom is -0.462 e. The molecule has 0 spiro atoms. The molecular formula is C35H36N4O8. The molecule has 2 aromatic carbocycles. The predicted molar refractivity (Wildman–Crippen MR) is 177 cm³/mol. The van der Waals surface area contributed by atoms with Crippen LogP contribution in [0.2, 0.25) is 0 Å². The number of nitrogens with one attached hydrogen (secondary N) is 2. The highest BCUT2D eigenvalue weighted by Crippen LogP contribution is 2.22. The van der Waals surface area contributed by atoms with Crippen molar-refractivity contribution in [3.63, 3.8) is 0 Å². The molecule has 2 heterocycles. The molecule has 0 atom stereocenters. The molecule has 0 aliphatic carbocycles. The maximum absolute atomic E-state index is 13.5. The summed E-state index contributed by atoms with van der Waals surface area (Å²) in [6, 6.07) is 19.4. The molecule has 4 aromatic rings. The summed E-state index contributed by atoms with van der Waals surface area (Å²) in [5, 5.41) is 6.28. The van der Waals surface area contributed by atoms with Crippen LogP contribution in [0.1, 0.15) is 72.8 Å². The van der Waals surface area contributed by atoms with Crippen LogP contribution in [0, 0.1) is 0 Å². The van der Waals surface area contributed by atoms with Gasteiger partial charge in [0.1, 0.15) is 22.8 Å². The van der Waals surface area contributed by atoms with Crippen LogP contribution >= 0.6 is 0 Å². The summed E-state index contributed by atoms with van der Waals surface area (Å²) >= 11 is 0. The highest BCUT2D eigenvalue weighted by atomic mass is 16.5. The Morgan fingerprint density at radius 1 is 0.596 bits per heavy atom. The lowest BCUT2D eigenvalue weighted by Crippen LogP contribution is -2.31. The monoisotopic (exact) mass is 640 g/mol. The minimum atomic E-state index is -0.827. The summed E-state index contributed by atoms with van der Waals surface area (Å²) in [4.78, 5) is 78.3.